The van der Waals surface area contributed by atoms with Gasteiger partial charge in [-0.05, 0) is 25.3 Å². The van der Waals surface area contributed by atoms with Gasteiger partial charge in [0.05, 0.1) is 18.8 Å². The SMILES string of the molecule is COC(CC(N=[N+]=[N-])C1COC2(CCCCC2)O1)n1cc(C)c(=O)[nH]c1=O. The van der Waals surface area contributed by atoms with Crippen LogP contribution in [0.2, 0.25) is 0 Å². The first-order valence-electron chi connectivity index (χ1n) is 9.19. The van der Waals surface area contributed by atoms with E-state index in [4.69, 9.17) is 19.7 Å². The van der Waals surface area contributed by atoms with E-state index in [2.05, 4.69) is 15.0 Å². The fourth-order valence-electron chi connectivity index (χ4n) is 3.79. The summed E-state index contributed by atoms with van der Waals surface area (Å²) >= 11 is 0. The van der Waals surface area contributed by atoms with Crippen molar-refractivity contribution in [3.63, 3.8) is 0 Å². The van der Waals surface area contributed by atoms with Crippen LogP contribution in [0.1, 0.15) is 50.3 Å². The maximum Gasteiger partial charge on any atom is 0.330 e. The Bertz CT molecular complexity index is 822. The van der Waals surface area contributed by atoms with Gasteiger partial charge in [0, 0.05) is 43.0 Å². The minimum Gasteiger partial charge on any atom is -0.361 e. The summed E-state index contributed by atoms with van der Waals surface area (Å²) in [6.07, 6.45) is 5.47. The number of hydrogen-bond donors (Lipinski definition) is 1. The number of H-pyrrole nitrogens is 1. The number of aromatic amines is 1. The van der Waals surface area contributed by atoms with Gasteiger partial charge in [-0.1, -0.05) is 11.5 Å². The van der Waals surface area contributed by atoms with Gasteiger partial charge in [0.2, 0.25) is 0 Å². The van der Waals surface area contributed by atoms with Gasteiger partial charge in [-0.3, -0.25) is 14.3 Å². The third kappa shape index (κ3) is 4.24. The van der Waals surface area contributed by atoms with Gasteiger partial charge in [0.15, 0.2) is 5.79 Å². The van der Waals surface area contributed by atoms with Crippen molar-refractivity contribution in [2.75, 3.05) is 13.7 Å². The zero-order valence-electron chi connectivity index (χ0n) is 15.6. The summed E-state index contributed by atoms with van der Waals surface area (Å²) < 4.78 is 18.9. The molecular formula is C17H25N5O5. The largest absolute Gasteiger partial charge is 0.361 e. The molecule has 27 heavy (non-hydrogen) atoms. The molecule has 0 radical (unpaired) electrons. The average molecular weight is 379 g/mol. The zero-order valence-corrected chi connectivity index (χ0v) is 15.6. The summed E-state index contributed by atoms with van der Waals surface area (Å²) in [4.78, 5) is 29.0. The van der Waals surface area contributed by atoms with Crippen LogP contribution in [0.15, 0.2) is 20.9 Å². The second-order valence-electron chi connectivity index (χ2n) is 7.12. The first-order chi connectivity index (χ1) is 13.0. The Kier molecular flexibility index (Phi) is 6.01. The zero-order chi connectivity index (χ0) is 19.4. The summed E-state index contributed by atoms with van der Waals surface area (Å²) in [6, 6.07) is -0.569. The molecule has 2 aliphatic rings. The van der Waals surface area contributed by atoms with Crippen LogP contribution < -0.4 is 11.2 Å². The molecule has 0 bridgehead atoms. The summed E-state index contributed by atoms with van der Waals surface area (Å²) in [5.41, 5.74) is 8.36. The fraction of sp³-hybridized carbons (Fsp3) is 0.765. The summed E-state index contributed by atoms with van der Waals surface area (Å²) in [5.74, 6) is -0.583. The Labute approximate surface area is 156 Å². The standard InChI is InChI=1S/C17H25N5O5/c1-11-9-22(16(24)19-15(11)23)14(25-2)8-12(20-21-18)13-10-26-17(27-13)6-4-3-5-7-17/h9,12-14H,3-8,10H2,1-2H3,(H,19,23,24). The first-order valence-corrected chi connectivity index (χ1v) is 9.19. The van der Waals surface area contributed by atoms with E-state index in [0.717, 1.165) is 25.7 Å². The summed E-state index contributed by atoms with van der Waals surface area (Å²) in [7, 11) is 1.46. The van der Waals surface area contributed by atoms with E-state index in [1.165, 1.54) is 24.3 Å². The monoisotopic (exact) mass is 379 g/mol. The molecule has 0 aromatic carbocycles. The fourth-order valence-corrected chi connectivity index (χ4v) is 3.79. The van der Waals surface area contributed by atoms with Crippen LogP contribution in [0.5, 0.6) is 0 Å². The second-order valence-corrected chi connectivity index (χ2v) is 7.12. The van der Waals surface area contributed by atoms with Crippen LogP contribution in [-0.4, -0.2) is 41.2 Å². The van der Waals surface area contributed by atoms with E-state index in [9.17, 15) is 9.59 Å². The molecule has 3 unspecified atom stereocenters. The van der Waals surface area contributed by atoms with E-state index in [1.807, 2.05) is 0 Å². The summed E-state index contributed by atoms with van der Waals surface area (Å²) in [6.45, 7) is 1.94. The van der Waals surface area contributed by atoms with E-state index in [1.54, 1.807) is 6.92 Å². The number of aryl methyl sites for hydroxylation is 1. The van der Waals surface area contributed by atoms with Crippen molar-refractivity contribution in [2.45, 2.75) is 69.6 Å². The molecule has 10 nitrogen and oxygen atoms in total. The van der Waals surface area contributed by atoms with Crippen LogP contribution in [0.3, 0.4) is 0 Å². The van der Waals surface area contributed by atoms with Crippen molar-refractivity contribution in [3.8, 4) is 0 Å². The van der Waals surface area contributed by atoms with Gasteiger partial charge in [-0.15, -0.1) is 0 Å². The molecule has 2 fully saturated rings. The Balaban J connectivity index is 1.79. The maximum atomic E-state index is 12.2. The van der Waals surface area contributed by atoms with Gasteiger partial charge in [-0.2, -0.15) is 0 Å². The molecule has 2 heterocycles. The Morgan fingerprint density at radius 2 is 2.19 bits per heavy atom. The number of aromatic nitrogens is 2. The van der Waals surface area contributed by atoms with Gasteiger partial charge in [0.1, 0.15) is 6.23 Å². The van der Waals surface area contributed by atoms with Gasteiger partial charge >= 0.3 is 5.69 Å². The quantitative estimate of drug-likeness (QED) is 0.459. The van der Waals surface area contributed by atoms with Crippen molar-refractivity contribution < 1.29 is 14.2 Å². The number of nitrogens with one attached hydrogen (secondary N) is 1. The lowest BCUT2D eigenvalue weighted by Crippen LogP contribution is -2.38. The smallest absolute Gasteiger partial charge is 0.330 e. The highest BCUT2D eigenvalue weighted by Crippen LogP contribution is 2.39. The van der Waals surface area contributed by atoms with Gasteiger partial charge in [0.25, 0.3) is 5.56 Å². The molecule has 1 N–H and O–H groups in total. The van der Waals surface area contributed by atoms with E-state index in [-0.39, 0.29) is 6.42 Å². The van der Waals surface area contributed by atoms with E-state index >= 15 is 0 Å². The van der Waals surface area contributed by atoms with Crippen LogP contribution in [-0.2, 0) is 14.2 Å². The molecule has 1 aromatic heterocycles. The normalized spacial score (nSPS) is 23.7. The molecular weight excluding hydrogens is 354 g/mol. The van der Waals surface area contributed by atoms with Crippen LogP contribution in [0, 0.1) is 6.92 Å². The third-order valence-electron chi connectivity index (χ3n) is 5.29. The predicted octanol–water partition coefficient (Wildman–Crippen LogP) is 2.13. The maximum absolute atomic E-state index is 12.2. The molecule has 1 saturated heterocycles. The molecule has 148 valence electrons. The number of ether oxygens (including phenoxy) is 3. The van der Waals surface area contributed by atoms with Crippen LogP contribution >= 0.6 is 0 Å². The number of rotatable bonds is 6. The molecule has 0 amide bonds. The lowest BCUT2D eigenvalue weighted by Gasteiger charge is -2.32. The van der Waals surface area contributed by atoms with Crippen molar-refractivity contribution in [2.24, 2.45) is 5.11 Å². The molecule has 1 aliphatic heterocycles. The Morgan fingerprint density at radius 3 is 2.85 bits per heavy atom. The topological polar surface area (TPSA) is 131 Å². The minimum absolute atomic E-state index is 0.218. The lowest BCUT2D eigenvalue weighted by molar-refractivity contribution is -0.189. The molecule has 3 atom stereocenters. The molecule has 1 aromatic rings. The van der Waals surface area contributed by atoms with Crippen molar-refractivity contribution >= 4 is 0 Å². The van der Waals surface area contributed by atoms with Crippen molar-refractivity contribution in [3.05, 3.63) is 43.0 Å². The van der Waals surface area contributed by atoms with Crippen LogP contribution in [0.25, 0.3) is 10.4 Å². The van der Waals surface area contributed by atoms with Crippen LogP contribution in [0.4, 0.5) is 0 Å². The number of nitrogens with zero attached hydrogens (tertiary/aromatic N) is 4. The number of azide groups is 1. The van der Waals surface area contributed by atoms with E-state index < -0.39 is 35.4 Å². The summed E-state index contributed by atoms with van der Waals surface area (Å²) in [5, 5.41) is 3.88. The number of methoxy groups -OCH3 is 1. The molecule has 1 spiro atoms. The van der Waals surface area contributed by atoms with Gasteiger partial charge < -0.3 is 14.2 Å². The molecule has 1 aliphatic carbocycles. The van der Waals surface area contributed by atoms with E-state index in [0.29, 0.717) is 12.2 Å². The highest BCUT2D eigenvalue weighted by Gasteiger charge is 2.45. The molecule has 1 saturated carbocycles. The Hall–Kier alpha value is -2.13. The van der Waals surface area contributed by atoms with Crippen molar-refractivity contribution in [1.29, 1.82) is 0 Å². The highest BCUT2D eigenvalue weighted by atomic mass is 16.7. The highest BCUT2D eigenvalue weighted by molar-refractivity contribution is 5.01. The first kappa shape index (κ1) is 19.6. The third-order valence-corrected chi connectivity index (χ3v) is 5.29. The predicted molar refractivity (Wildman–Crippen MR) is 96.3 cm³/mol. The second kappa shape index (κ2) is 8.26. The lowest BCUT2D eigenvalue weighted by atomic mass is 9.94. The Morgan fingerprint density at radius 1 is 1.44 bits per heavy atom. The van der Waals surface area contributed by atoms with Gasteiger partial charge in [-0.25, -0.2) is 4.79 Å². The van der Waals surface area contributed by atoms with Crippen molar-refractivity contribution in [1.82, 2.24) is 9.55 Å². The average Bonchev–Trinajstić information content (AvgIpc) is 3.06. The molecule has 10 heteroatoms. The molecule has 3 rings (SSSR count). The number of hydrogen-bond acceptors (Lipinski definition) is 6. The minimum atomic E-state index is -0.713.